The summed E-state index contributed by atoms with van der Waals surface area (Å²) in [4.78, 5) is 14.5. The van der Waals surface area contributed by atoms with Crippen LogP contribution in [0.15, 0.2) is 0 Å². The number of amides is 1. The number of hydrogen-bond donors (Lipinski definition) is 1. The largest absolute Gasteiger partial charge is 0.325 e. The fourth-order valence-electron chi connectivity index (χ4n) is 3.07. The molecule has 0 aromatic rings. The first-order valence-corrected chi connectivity index (χ1v) is 7.13. The van der Waals surface area contributed by atoms with E-state index < -0.39 is 0 Å². The average molecular weight is 238 g/mol. The van der Waals surface area contributed by atoms with Crippen LogP contribution in [0.2, 0.25) is 0 Å². The molecular weight excluding hydrogens is 212 g/mol. The zero-order valence-corrected chi connectivity index (χ0v) is 11.5. The van der Waals surface area contributed by atoms with Gasteiger partial charge in [0.25, 0.3) is 0 Å². The Hall–Kier alpha value is -0.570. The predicted octanol–water partition coefficient (Wildman–Crippen LogP) is 2.51. The molecule has 0 aromatic heterocycles. The molecule has 1 saturated carbocycles. The average Bonchev–Trinajstić information content (AvgIpc) is 2.51. The summed E-state index contributed by atoms with van der Waals surface area (Å²) in [6, 6.07) is 0.480. The van der Waals surface area contributed by atoms with E-state index in [0.29, 0.717) is 11.9 Å². The van der Waals surface area contributed by atoms with E-state index in [1.807, 2.05) is 6.92 Å². The maximum Gasteiger partial charge on any atom is 0.243 e. The van der Waals surface area contributed by atoms with E-state index in [9.17, 15) is 4.79 Å². The summed E-state index contributed by atoms with van der Waals surface area (Å²) in [5.41, 5.74) is -0.308. The van der Waals surface area contributed by atoms with E-state index in [0.717, 1.165) is 19.0 Å². The Balaban J connectivity index is 2.01. The van der Waals surface area contributed by atoms with Crippen LogP contribution in [0.4, 0.5) is 0 Å². The summed E-state index contributed by atoms with van der Waals surface area (Å²) in [6.45, 7) is 7.21. The summed E-state index contributed by atoms with van der Waals surface area (Å²) in [5, 5.41) is 3.39. The molecule has 2 fully saturated rings. The highest BCUT2D eigenvalue weighted by Crippen LogP contribution is 2.29. The first-order chi connectivity index (χ1) is 8.07. The fourth-order valence-corrected chi connectivity index (χ4v) is 3.07. The van der Waals surface area contributed by atoms with Gasteiger partial charge < -0.3 is 4.90 Å². The topological polar surface area (TPSA) is 32.3 Å². The van der Waals surface area contributed by atoms with Crippen molar-refractivity contribution < 1.29 is 4.79 Å². The molecule has 0 spiro atoms. The second-order valence-electron chi connectivity index (χ2n) is 6.06. The van der Waals surface area contributed by atoms with E-state index in [-0.39, 0.29) is 5.54 Å². The van der Waals surface area contributed by atoms with Gasteiger partial charge in [0.15, 0.2) is 0 Å². The van der Waals surface area contributed by atoms with Crippen LogP contribution in [0.1, 0.15) is 59.3 Å². The molecule has 1 saturated heterocycles. The maximum atomic E-state index is 12.4. The highest BCUT2D eigenvalue weighted by Gasteiger charge is 2.43. The van der Waals surface area contributed by atoms with Crippen molar-refractivity contribution in [3.8, 4) is 0 Å². The predicted molar refractivity (Wildman–Crippen MR) is 69.6 cm³/mol. The molecule has 0 radical (unpaired) electrons. The normalized spacial score (nSPS) is 39.5. The minimum absolute atomic E-state index is 0.308. The molecule has 1 N–H and O–H groups in total. The van der Waals surface area contributed by atoms with Crippen LogP contribution < -0.4 is 5.32 Å². The van der Waals surface area contributed by atoms with Gasteiger partial charge in [0.2, 0.25) is 5.91 Å². The Morgan fingerprint density at radius 3 is 2.76 bits per heavy atom. The molecule has 0 aromatic carbocycles. The number of nitrogens with zero attached hydrogens (tertiary/aromatic N) is 1. The number of carbonyl (C=O) groups excluding carboxylic acids is 1. The Morgan fingerprint density at radius 2 is 2.12 bits per heavy atom. The van der Waals surface area contributed by atoms with Crippen LogP contribution >= 0.6 is 0 Å². The van der Waals surface area contributed by atoms with Gasteiger partial charge in [0.05, 0.1) is 12.2 Å². The minimum atomic E-state index is -0.308. The van der Waals surface area contributed by atoms with Crippen LogP contribution in [-0.2, 0) is 4.79 Å². The third-order valence-corrected chi connectivity index (χ3v) is 4.75. The molecule has 1 aliphatic carbocycles. The summed E-state index contributed by atoms with van der Waals surface area (Å²) < 4.78 is 0. The van der Waals surface area contributed by atoms with Gasteiger partial charge in [-0.3, -0.25) is 10.1 Å². The van der Waals surface area contributed by atoms with Crippen molar-refractivity contribution in [2.45, 2.75) is 70.9 Å². The third kappa shape index (κ3) is 2.49. The highest BCUT2D eigenvalue weighted by molar-refractivity contribution is 5.88. The summed E-state index contributed by atoms with van der Waals surface area (Å²) >= 11 is 0. The van der Waals surface area contributed by atoms with E-state index in [1.54, 1.807) is 0 Å². The standard InChI is InChI=1S/C14H26N2O/c1-4-14(3)13(17)16(10-15-14)12-7-5-6-11(2)8-9-12/h11-12,15H,4-10H2,1-3H3. The van der Waals surface area contributed by atoms with Gasteiger partial charge in [0, 0.05) is 6.04 Å². The van der Waals surface area contributed by atoms with Crippen molar-refractivity contribution in [3.63, 3.8) is 0 Å². The van der Waals surface area contributed by atoms with Crippen LogP contribution in [0.25, 0.3) is 0 Å². The molecule has 17 heavy (non-hydrogen) atoms. The number of hydrogen-bond acceptors (Lipinski definition) is 2. The zero-order chi connectivity index (χ0) is 12.5. The number of rotatable bonds is 2. The Labute approximate surface area is 105 Å². The van der Waals surface area contributed by atoms with Gasteiger partial charge in [-0.1, -0.05) is 26.7 Å². The zero-order valence-electron chi connectivity index (χ0n) is 11.5. The lowest BCUT2D eigenvalue weighted by atomic mass is 9.98. The van der Waals surface area contributed by atoms with Crippen molar-refractivity contribution in [2.75, 3.05) is 6.67 Å². The molecule has 1 heterocycles. The molecule has 2 rings (SSSR count). The number of carbonyl (C=O) groups is 1. The van der Waals surface area contributed by atoms with Gasteiger partial charge >= 0.3 is 0 Å². The molecule has 3 atom stereocenters. The summed E-state index contributed by atoms with van der Waals surface area (Å²) in [6.07, 6.45) is 7.14. The molecule has 0 bridgehead atoms. The molecule has 3 unspecified atom stereocenters. The van der Waals surface area contributed by atoms with E-state index in [2.05, 4.69) is 24.1 Å². The van der Waals surface area contributed by atoms with E-state index >= 15 is 0 Å². The SMILES string of the molecule is CCC1(C)NCN(C2CCCC(C)CC2)C1=O. The Kier molecular flexibility index (Phi) is 3.76. The Morgan fingerprint density at radius 1 is 1.35 bits per heavy atom. The van der Waals surface area contributed by atoms with Crippen LogP contribution in [-0.4, -0.2) is 29.1 Å². The molecule has 2 aliphatic rings. The molecular formula is C14H26N2O. The summed E-state index contributed by atoms with van der Waals surface area (Å²) in [7, 11) is 0. The molecule has 1 amide bonds. The Bertz CT molecular complexity index is 292. The lowest BCUT2D eigenvalue weighted by Crippen LogP contribution is -2.44. The molecule has 3 heteroatoms. The van der Waals surface area contributed by atoms with Gasteiger partial charge in [-0.15, -0.1) is 0 Å². The minimum Gasteiger partial charge on any atom is -0.325 e. The van der Waals surface area contributed by atoms with Crippen LogP contribution in [0.5, 0.6) is 0 Å². The first-order valence-electron chi connectivity index (χ1n) is 7.13. The number of nitrogens with one attached hydrogen (secondary N) is 1. The maximum absolute atomic E-state index is 12.4. The van der Waals surface area contributed by atoms with Gasteiger partial charge in [-0.2, -0.15) is 0 Å². The van der Waals surface area contributed by atoms with Crippen LogP contribution in [0, 0.1) is 5.92 Å². The van der Waals surface area contributed by atoms with Crippen molar-refractivity contribution in [1.82, 2.24) is 10.2 Å². The monoisotopic (exact) mass is 238 g/mol. The van der Waals surface area contributed by atoms with Gasteiger partial charge in [-0.25, -0.2) is 0 Å². The molecule has 1 aliphatic heterocycles. The smallest absolute Gasteiger partial charge is 0.243 e. The lowest BCUT2D eigenvalue weighted by Gasteiger charge is -2.28. The van der Waals surface area contributed by atoms with Crippen molar-refractivity contribution in [2.24, 2.45) is 5.92 Å². The van der Waals surface area contributed by atoms with Crippen molar-refractivity contribution in [1.29, 1.82) is 0 Å². The second-order valence-corrected chi connectivity index (χ2v) is 6.06. The van der Waals surface area contributed by atoms with E-state index in [1.165, 1.54) is 32.1 Å². The second kappa shape index (κ2) is 4.97. The quantitative estimate of drug-likeness (QED) is 0.750. The van der Waals surface area contributed by atoms with Crippen LogP contribution in [0.3, 0.4) is 0 Å². The van der Waals surface area contributed by atoms with Gasteiger partial charge in [0.1, 0.15) is 0 Å². The fraction of sp³-hybridized carbons (Fsp3) is 0.929. The lowest BCUT2D eigenvalue weighted by molar-refractivity contribution is -0.134. The molecule has 3 nitrogen and oxygen atoms in total. The highest BCUT2D eigenvalue weighted by atomic mass is 16.2. The van der Waals surface area contributed by atoms with Gasteiger partial charge in [-0.05, 0) is 38.5 Å². The van der Waals surface area contributed by atoms with Crippen molar-refractivity contribution >= 4 is 5.91 Å². The summed E-state index contributed by atoms with van der Waals surface area (Å²) in [5.74, 6) is 1.16. The third-order valence-electron chi connectivity index (χ3n) is 4.75. The van der Waals surface area contributed by atoms with E-state index in [4.69, 9.17) is 0 Å². The van der Waals surface area contributed by atoms with Crippen molar-refractivity contribution in [3.05, 3.63) is 0 Å². The first kappa shape index (κ1) is 12.9. The molecule has 98 valence electrons.